The van der Waals surface area contributed by atoms with Gasteiger partial charge in [-0.1, -0.05) is 13.8 Å². The SMILES string of the molecule is CC(C)OC(=O)C1(O)CC(C)(C)CC1(C)O. The van der Waals surface area contributed by atoms with Gasteiger partial charge in [0.2, 0.25) is 0 Å². The van der Waals surface area contributed by atoms with Gasteiger partial charge in [-0.2, -0.15) is 0 Å². The van der Waals surface area contributed by atoms with Crippen molar-refractivity contribution in [2.24, 2.45) is 5.41 Å². The van der Waals surface area contributed by atoms with E-state index in [2.05, 4.69) is 0 Å². The zero-order valence-corrected chi connectivity index (χ0v) is 10.7. The van der Waals surface area contributed by atoms with Gasteiger partial charge in [0, 0.05) is 0 Å². The molecule has 0 saturated heterocycles. The molecule has 2 atom stereocenters. The van der Waals surface area contributed by atoms with Gasteiger partial charge in [0.25, 0.3) is 0 Å². The average molecular weight is 230 g/mol. The van der Waals surface area contributed by atoms with E-state index >= 15 is 0 Å². The summed E-state index contributed by atoms with van der Waals surface area (Å²) >= 11 is 0. The molecule has 16 heavy (non-hydrogen) atoms. The maximum atomic E-state index is 11.8. The summed E-state index contributed by atoms with van der Waals surface area (Å²) in [7, 11) is 0. The molecule has 4 nitrogen and oxygen atoms in total. The Bertz CT molecular complexity index is 293. The minimum Gasteiger partial charge on any atom is -0.461 e. The van der Waals surface area contributed by atoms with Crippen molar-refractivity contribution in [1.29, 1.82) is 0 Å². The number of carbonyl (C=O) groups is 1. The maximum absolute atomic E-state index is 11.8. The number of rotatable bonds is 2. The van der Waals surface area contributed by atoms with E-state index in [-0.39, 0.29) is 17.9 Å². The lowest BCUT2D eigenvalue weighted by molar-refractivity contribution is -0.191. The van der Waals surface area contributed by atoms with E-state index < -0.39 is 17.2 Å². The second kappa shape index (κ2) is 3.70. The van der Waals surface area contributed by atoms with Crippen LogP contribution in [0.25, 0.3) is 0 Å². The average Bonchev–Trinajstić information content (AvgIpc) is 2.14. The van der Waals surface area contributed by atoms with E-state index in [9.17, 15) is 15.0 Å². The molecule has 1 rings (SSSR count). The van der Waals surface area contributed by atoms with E-state index in [1.807, 2.05) is 13.8 Å². The highest BCUT2D eigenvalue weighted by Gasteiger charge is 2.62. The third-order valence-electron chi connectivity index (χ3n) is 3.13. The Morgan fingerprint density at radius 1 is 1.19 bits per heavy atom. The van der Waals surface area contributed by atoms with Crippen LogP contribution in [0.3, 0.4) is 0 Å². The molecule has 0 radical (unpaired) electrons. The van der Waals surface area contributed by atoms with Crippen LogP contribution < -0.4 is 0 Å². The zero-order valence-electron chi connectivity index (χ0n) is 10.7. The minimum absolute atomic E-state index is 0.221. The number of hydrogen-bond acceptors (Lipinski definition) is 4. The lowest BCUT2D eigenvalue weighted by atomic mass is 9.88. The molecule has 2 unspecified atom stereocenters. The van der Waals surface area contributed by atoms with Gasteiger partial charge in [0.15, 0.2) is 5.60 Å². The Balaban J connectivity index is 2.96. The fourth-order valence-electron chi connectivity index (χ4n) is 2.63. The molecule has 2 N–H and O–H groups in total. The van der Waals surface area contributed by atoms with Gasteiger partial charge in [-0.15, -0.1) is 0 Å². The van der Waals surface area contributed by atoms with E-state index in [4.69, 9.17) is 4.74 Å². The molecule has 4 heteroatoms. The van der Waals surface area contributed by atoms with E-state index in [1.54, 1.807) is 13.8 Å². The van der Waals surface area contributed by atoms with Gasteiger partial charge >= 0.3 is 5.97 Å². The van der Waals surface area contributed by atoms with Crippen molar-refractivity contribution < 1.29 is 19.7 Å². The lowest BCUT2D eigenvalue weighted by Gasteiger charge is -2.33. The molecular weight excluding hydrogens is 208 g/mol. The smallest absolute Gasteiger partial charge is 0.341 e. The molecule has 0 heterocycles. The van der Waals surface area contributed by atoms with Gasteiger partial charge < -0.3 is 14.9 Å². The van der Waals surface area contributed by atoms with Crippen LogP contribution in [0.2, 0.25) is 0 Å². The number of ether oxygens (including phenoxy) is 1. The number of hydrogen-bond donors (Lipinski definition) is 2. The van der Waals surface area contributed by atoms with E-state index in [0.717, 1.165) is 0 Å². The first-order valence-corrected chi connectivity index (χ1v) is 5.66. The monoisotopic (exact) mass is 230 g/mol. The van der Waals surface area contributed by atoms with E-state index in [0.29, 0.717) is 6.42 Å². The van der Waals surface area contributed by atoms with Crippen LogP contribution in [-0.4, -0.2) is 33.5 Å². The molecule has 0 bridgehead atoms. The first kappa shape index (κ1) is 13.5. The molecule has 1 aliphatic carbocycles. The molecule has 0 aliphatic heterocycles. The summed E-state index contributed by atoms with van der Waals surface area (Å²) in [6.45, 7) is 8.76. The summed E-state index contributed by atoms with van der Waals surface area (Å²) in [5, 5.41) is 20.5. The fraction of sp³-hybridized carbons (Fsp3) is 0.917. The van der Waals surface area contributed by atoms with Crippen LogP contribution in [0, 0.1) is 5.41 Å². The fourth-order valence-corrected chi connectivity index (χ4v) is 2.63. The maximum Gasteiger partial charge on any atom is 0.341 e. The third-order valence-corrected chi connectivity index (χ3v) is 3.13. The highest BCUT2D eigenvalue weighted by Crippen LogP contribution is 2.50. The summed E-state index contributed by atoms with van der Waals surface area (Å²) < 4.78 is 5.02. The second-order valence-corrected chi connectivity index (χ2v) is 6.11. The first-order valence-electron chi connectivity index (χ1n) is 5.66. The molecule has 0 aromatic carbocycles. The quantitative estimate of drug-likeness (QED) is 0.700. The standard InChI is InChI=1S/C12H22O4/c1-8(2)16-9(13)12(15)7-10(3,4)6-11(12,5)14/h8,14-15H,6-7H2,1-5H3. The molecule has 1 saturated carbocycles. The summed E-state index contributed by atoms with van der Waals surface area (Å²) in [5.41, 5.74) is -3.49. The highest BCUT2D eigenvalue weighted by atomic mass is 16.6. The zero-order chi connectivity index (χ0) is 12.8. The number of aliphatic hydroxyl groups is 2. The molecule has 1 aliphatic rings. The lowest BCUT2D eigenvalue weighted by Crippen LogP contribution is -2.55. The van der Waals surface area contributed by atoms with Gasteiger partial charge in [-0.3, -0.25) is 0 Å². The molecule has 0 amide bonds. The largest absolute Gasteiger partial charge is 0.461 e. The van der Waals surface area contributed by atoms with Gasteiger partial charge in [-0.05, 0) is 39.0 Å². The van der Waals surface area contributed by atoms with Crippen LogP contribution >= 0.6 is 0 Å². The molecule has 0 aromatic heterocycles. The van der Waals surface area contributed by atoms with Crippen molar-refractivity contribution >= 4 is 5.97 Å². The Labute approximate surface area is 96.6 Å². The van der Waals surface area contributed by atoms with Crippen molar-refractivity contribution in [2.45, 2.75) is 64.8 Å². The topological polar surface area (TPSA) is 66.8 Å². The van der Waals surface area contributed by atoms with Gasteiger partial charge in [0.05, 0.1) is 6.10 Å². The Hall–Kier alpha value is -0.610. The first-order chi connectivity index (χ1) is 7.00. The van der Waals surface area contributed by atoms with Crippen LogP contribution in [0.1, 0.15) is 47.5 Å². The molecule has 0 aromatic rings. The predicted molar refractivity (Wildman–Crippen MR) is 59.8 cm³/mol. The van der Waals surface area contributed by atoms with Crippen molar-refractivity contribution in [3.8, 4) is 0 Å². The summed E-state index contributed by atoms with van der Waals surface area (Å²) in [6, 6.07) is 0. The minimum atomic E-state index is -1.79. The number of esters is 1. The highest BCUT2D eigenvalue weighted by molar-refractivity contribution is 5.82. The van der Waals surface area contributed by atoms with Crippen molar-refractivity contribution in [2.75, 3.05) is 0 Å². The van der Waals surface area contributed by atoms with Crippen molar-refractivity contribution in [1.82, 2.24) is 0 Å². The van der Waals surface area contributed by atoms with Crippen molar-refractivity contribution in [3.05, 3.63) is 0 Å². The molecule has 94 valence electrons. The second-order valence-electron chi connectivity index (χ2n) is 6.11. The van der Waals surface area contributed by atoms with Gasteiger partial charge in [0.1, 0.15) is 5.60 Å². The predicted octanol–water partition coefficient (Wildman–Crippen LogP) is 1.24. The molecule has 1 fully saturated rings. The van der Waals surface area contributed by atoms with Gasteiger partial charge in [-0.25, -0.2) is 4.79 Å². The summed E-state index contributed by atoms with van der Waals surface area (Å²) in [6.07, 6.45) is 0.304. The Morgan fingerprint density at radius 2 is 1.69 bits per heavy atom. The Kier molecular flexibility index (Phi) is 3.12. The van der Waals surface area contributed by atoms with E-state index in [1.165, 1.54) is 6.92 Å². The number of carbonyl (C=O) groups excluding carboxylic acids is 1. The summed E-state index contributed by atoms with van der Waals surface area (Å²) in [5.74, 6) is -0.724. The van der Waals surface area contributed by atoms with Crippen LogP contribution in [0.5, 0.6) is 0 Å². The Morgan fingerprint density at radius 3 is 2.00 bits per heavy atom. The van der Waals surface area contributed by atoms with Crippen molar-refractivity contribution in [3.63, 3.8) is 0 Å². The van der Waals surface area contributed by atoms with Crippen LogP contribution in [0.4, 0.5) is 0 Å². The molecular formula is C12H22O4. The normalized spacial score (nSPS) is 37.8. The van der Waals surface area contributed by atoms with Crippen LogP contribution in [-0.2, 0) is 9.53 Å². The molecule has 0 spiro atoms. The van der Waals surface area contributed by atoms with Crippen LogP contribution in [0.15, 0.2) is 0 Å². The summed E-state index contributed by atoms with van der Waals surface area (Å²) in [4.78, 5) is 11.8. The third kappa shape index (κ3) is 2.23.